The Balaban J connectivity index is 2.37. The van der Waals surface area contributed by atoms with Crippen LogP contribution < -0.4 is 5.73 Å². The molecule has 0 atom stereocenters. The van der Waals surface area contributed by atoms with Crippen molar-refractivity contribution in [3.63, 3.8) is 0 Å². The van der Waals surface area contributed by atoms with Crippen molar-refractivity contribution < 1.29 is 9.90 Å². The van der Waals surface area contributed by atoms with Crippen molar-refractivity contribution in [1.82, 2.24) is 9.36 Å². The third-order valence-corrected chi connectivity index (χ3v) is 4.12. The van der Waals surface area contributed by atoms with E-state index in [0.717, 1.165) is 14.8 Å². The summed E-state index contributed by atoms with van der Waals surface area (Å²) in [5.74, 6) is -0.306. The summed E-state index contributed by atoms with van der Waals surface area (Å²) in [7, 11) is 0. The molecule has 3 N–H and O–H groups in total. The number of hydrogen-bond acceptors (Lipinski definition) is 6. The monoisotopic (exact) mass is 281 g/mol. The van der Waals surface area contributed by atoms with Crippen molar-refractivity contribution in [3.05, 3.63) is 29.1 Å². The molecular weight excluding hydrogens is 270 g/mol. The molecular formula is C11H11N3O2S2. The molecule has 0 radical (unpaired) electrons. The normalized spacial score (nSPS) is 10.6. The highest BCUT2D eigenvalue weighted by Gasteiger charge is 2.13. The van der Waals surface area contributed by atoms with Crippen molar-refractivity contribution in [3.8, 4) is 0 Å². The summed E-state index contributed by atoms with van der Waals surface area (Å²) >= 11 is 2.68. The number of aryl methyl sites for hydroxylation is 2. The number of carbonyl (C=O) groups is 1. The van der Waals surface area contributed by atoms with Crippen molar-refractivity contribution in [2.75, 3.05) is 5.73 Å². The van der Waals surface area contributed by atoms with E-state index >= 15 is 0 Å². The molecule has 1 heterocycles. The lowest BCUT2D eigenvalue weighted by molar-refractivity contribution is 0.0697. The minimum atomic E-state index is -1.02. The number of carboxylic acids is 1. The quantitative estimate of drug-likeness (QED) is 0.841. The Morgan fingerprint density at radius 3 is 2.72 bits per heavy atom. The molecule has 0 bridgehead atoms. The van der Waals surface area contributed by atoms with E-state index in [-0.39, 0.29) is 5.56 Å². The number of anilines is 1. The average molecular weight is 281 g/mol. The van der Waals surface area contributed by atoms with Crippen LogP contribution >= 0.6 is 23.3 Å². The molecule has 5 nitrogen and oxygen atoms in total. The van der Waals surface area contributed by atoms with Crippen LogP contribution in [0.15, 0.2) is 21.4 Å². The van der Waals surface area contributed by atoms with Crippen LogP contribution in [0.3, 0.4) is 0 Å². The fourth-order valence-electron chi connectivity index (χ4n) is 1.42. The van der Waals surface area contributed by atoms with Crippen molar-refractivity contribution in [2.24, 2.45) is 0 Å². The minimum absolute atomic E-state index is 0.124. The number of carboxylic acid groups (broad SMARTS) is 1. The van der Waals surface area contributed by atoms with Crippen LogP contribution in [0, 0.1) is 13.8 Å². The van der Waals surface area contributed by atoms with Crippen LogP contribution in [0.25, 0.3) is 0 Å². The molecule has 0 saturated heterocycles. The Morgan fingerprint density at radius 1 is 1.44 bits per heavy atom. The molecule has 0 spiro atoms. The van der Waals surface area contributed by atoms with Gasteiger partial charge in [0.1, 0.15) is 5.82 Å². The van der Waals surface area contributed by atoms with Crippen LogP contribution in [-0.2, 0) is 0 Å². The van der Waals surface area contributed by atoms with Gasteiger partial charge in [0, 0.05) is 10.6 Å². The van der Waals surface area contributed by atoms with Gasteiger partial charge in [-0.3, -0.25) is 0 Å². The maximum atomic E-state index is 11.1. The summed E-state index contributed by atoms with van der Waals surface area (Å²) in [5, 5.41) is 9.07. The molecule has 0 aliphatic carbocycles. The molecule has 0 fully saturated rings. The first-order valence-electron chi connectivity index (χ1n) is 5.09. The molecule has 1 aromatic carbocycles. The average Bonchev–Trinajstić information content (AvgIpc) is 2.68. The zero-order chi connectivity index (χ0) is 13.3. The first-order chi connectivity index (χ1) is 8.47. The number of hydrogen-bond donors (Lipinski definition) is 2. The van der Waals surface area contributed by atoms with Gasteiger partial charge in [-0.1, -0.05) is 11.8 Å². The predicted octanol–water partition coefficient (Wildman–Crippen LogP) is 2.59. The van der Waals surface area contributed by atoms with Gasteiger partial charge in [0.2, 0.25) is 0 Å². The molecule has 0 aliphatic rings. The van der Waals surface area contributed by atoms with Crippen LogP contribution in [0.5, 0.6) is 0 Å². The molecule has 0 aliphatic heterocycles. The highest BCUT2D eigenvalue weighted by molar-refractivity contribution is 8.01. The van der Waals surface area contributed by atoms with Crippen molar-refractivity contribution in [2.45, 2.75) is 23.1 Å². The maximum Gasteiger partial charge on any atom is 0.337 e. The van der Waals surface area contributed by atoms with Crippen LogP contribution in [0.2, 0.25) is 0 Å². The zero-order valence-electron chi connectivity index (χ0n) is 9.80. The van der Waals surface area contributed by atoms with E-state index in [9.17, 15) is 4.79 Å². The SMILES string of the molecule is Cc1nsc(Sc2cc(C)c(N)c(C(=O)O)c2)n1. The minimum Gasteiger partial charge on any atom is -0.478 e. The van der Waals surface area contributed by atoms with Crippen LogP contribution in [0.1, 0.15) is 21.7 Å². The fourth-order valence-corrected chi connectivity index (χ4v) is 3.19. The molecule has 2 rings (SSSR count). The number of nitrogens with two attached hydrogens (primary N) is 1. The summed E-state index contributed by atoms with van der Waals surface area (Å²) in [6.45, 7) is 3.61. The van der Waals surface area contributed by atoms with Gasteiger partial charge in [-0.15, -0.1) is 0 Å². The van der Waals surface area contributed by atoms with Crippen LogP contribution in [-0.4, -0.2) is 20.4 Å². The van der Waals surface area contributed by atoms with Gasteiger partial charge in [-0.05, 0) is 43.1 Å². The van der Waals surface area contributed by atoms with Crippen molar-refractivity contribution in [1.29, 1.82) is 0 Å². The zero-order valence-corrected chi connectivity index (χ0v) is 11.4. The van der Waals surface area contributed by atoms with E-state index in [0.29, 0.717) is 11.5 Å². The fraction of sp³-hybridized carbons (Fsp3) is 0.182. The first-order valence-corrected chi connectivity index (χ1v) is 6.68. The third kappa shape index (κ3) is 2.62. The van der Waals surface area contributed by atoms with Crippen molar-refractivity contribution >= 4 is 35.0 Å². The second-order valence-corrected chi connectivity index (χ2v) is 5.79. The lowest BCUT2D eigenvalue weighted by Crippen LogP contribution is -2.04. The van der Waals surface area contributed by atoms with Gasteiger partial charge >= 0.3 is 5.97 Å². The molecule has 94 valence electrons. The van der Waals surface area contributed by atoms with Crippen LogP contribution in [0.4, 0.5) is 5.69 Å². The number of nitrogen functional groups attached to an aromatic ring is 1. The number of rotatable bonds is 3. The van der Waals surface area contributed by atoms with E-state index in [1.54, 1.807) is 13.0 Å². The maximum absolute atomic E-state index is 11.1. The second-order valence-electron chi connectivity index (χ2n) is 3.72. The smallest absolute Gasteiger partial charge is 0.337 e. The molecule has 0 amide bonds. The largest absolute Gasteiger partial charge is 0.478 e. The predicted molar refractivity (Wildman–Crippen MR) is 71.3 cm³/mol. The van der Waals surface area contributed by atoms with Gasteiger partial charge in [0.25, 0.3) is 0 Å². The summed E-state index contributed by atoms with van der Waals surface area (Å²) in [5.41, 5.74) is 6.91. The molecule has 0 unspecified atom stereocenters. The topological polar surface area (TPSA) is 89.1 Å². The second kappa shape index (κ2) is 4.95. The van der Waals surface area contributed by atoms with E-state index in [1.807, 2.05) is 13.0 Å². The summed E-state index contributed by atoms with van der Waals surface area (Å²) in [6, 6.07) is 3.41. The van der Waals surface area contributed by atoms with E-state index < -0.39 is 5.97 Å². The standard InChI is InChI=1S/C11H11N3O2S2/c1-5-3-7(4-8(9(5)12)10(15)16)17-11-13-6(2)14-18-11/h3-4H,12H2,1-2H3,(H,15,16). The molecule has 18 heavy (non-hydrogen) atoms. The Labute approximate surface area is 112 Å². The Kier molecular flexibility index (Phi) is 3.53. The highest BCUT2D eigenvalue weighted by Crippen LogP contribution is 2.32. The number of benzene rings is 1. The van der Waals surface area contributed by atoms with Gasteiger partial charge in [0.15, 0.2) is 4.34 Å². The summed E-state index contributed by atoms with van der Waals surface area (Å²) < 4.78 is 4.86. The summed E-state index contributed by atoms with van der Waals surface area (Å²) in [6.07, 6.45) is 0. The number of aromatic nitrogens is 2. The van der Waals surface area contributed by atoms with E-state index in [1.165, 1.54) is 23.3 Å². The molecule has 7 heteroatoms. The van der Waals surface area contributed by atoms with Gasteiger partial charge in [-0.2, -0.15) is 4.37 Å². The lowest BCUT2D eigenvalue weighted by atomic mass is 10.1. The summed E-state index contributed by atoms with van der Waals surface area (Å²) in [4.78, 5) is 16.1. The lowest BCUT2D eigenvalue weighted by Gasteiger charge is -2.07. The molecule has 1 aromatic heterocycles. The van der Waals surface area contributed by atoms with E-state index in [4.69, 9.17) is 10.8 Å². The van der Waals surface area contributed by atoms with Gasteiger partial charge < -0.3 is 10.8 Å². The number of nitrogens with zero attached hydrogens (tertiary/aromatic N) is 2. The van der Waals surface area contributed by atoms with Gasteiger partial charge in [0.05, 0.1) is 5.56 Å². The number of aromatic carboxylic acids is 1. The van der Waals surface area contributed by atoms with Gasteiger partial charge in [-0.25, -0.2) is 9.78 Å². The molecule has 2 aromatic rings. The Hall–Kier alpha value is -1.60. The van der Waals surface area contributed by atoms with E-state index in [2.05, 4.69) is 9.36 Å². The third-order valence-electron chi connectivity index (χ3n) is 2.30. The Morgan fingerprint density at radius 2 is 2.17 bits per heavy atom. The highest BCUT2D eigenvalue weighted by atomic mass is 32.2. The Bertz CT molecular complexity index is 610. The molecule has 0 saturated carbocycles. The first kappa shape index (κ1) is 12.8.